The topological polar surface area (TPSA) is 54.2 Å². The van der Waals surface area contributed by atoms with Gasteiger partial charge < -0.3 is 10.6 Å². The van der Waals surface area contributed by atoms with Crippen LogP contribution in [0.5, 0.6) is 0 Å². The standard InChI is InChI=1S/C21H24FN5/c1-3-4-5-15-10-16-6-7-17(22)11-19(16)25-20-8-9-27-21(26-20)18(13-24-27)14(2)23-12-15/h6-9,11,13,15,23H,2-5,10,12H2,1H3,(H,25,26). The van der Waals surface area contributed by atoms with E-state index < -0.39 is 0 Å². The fraction of sp³-hybridized carbons (Fsp3) is 0.333. The summed E-state index contributed by atoms with van der Waals surface area (Å²) in [5.41, 5.74) is 4.31. The van der Waals surface area contributed by atoms with Gasteiger partial charge in [-0.2, -0.15) is 5.10 Å². The predicted octanol–water partition coefficient (Wildman–Crippen LogP) is 4.53. The van der Waals surface area contributed by atoms with Crippen molar-refractivity contribution in [1.82, 2.24) is 19.9 Å². The number of halogens is 1. The number of rotatable bonds is 3. The van der Waals surface area contributed by atoms with Crippen LogP contribution in [0.3, 0.4) is 0 Å². The Morgan fingerprint density at radius 2 is 2.22 bits per heavy atom. The smallest absolute Gasteiger partial charge is 0.166 e. The van der Waals surface area contributed by atoms with E-state index >= 15 is 0 Å². The average Bonchev–Trinajstić information content (AvgIpc) is 3.08. The molecular weight excluding hydrogens is 341 g/mol. The van der Waals surface area contributed by atoms with Crippen LogP contribution in [0.25, 0.3) is 11.3 Å². The van der Waals surface area contributed by atoms with Gasteiger partial charge in [0, 0.05) is 24.1 Å². The Balaban J connectivity index is 1.79. The second kappa shape index (κ2) is 7.39. The van der Waals surface area contributed by atoms with Crippen molar-refractivity contribution in [3.63, 3.8) is 0 Å². The third kappa shape index (κ3) is 3.65. The number of benzene rings is 1. The van der Waals surface area contributed by atoms with Crippen LogP contribution in [-0.4, -0.2) is 21.1 Å². The van der Waals surface area contributed by atoms with Crippen LogP contribution in [0, 0.1) is 11.7 Å². The van der Waals surface area contributed by atoms with Gasteiger partial charge in [-0.25, -0.2) is 13.9 Å². The van der Waals surface area contributed by atoms with Gasteiger partial charge >= 0.3 is 0 Å². The molecule has 0 aliphatic carbocycles. The van der Waals surface area contributed by atoms with Crippen molar-refractivity contribution in [2.75, 3.05) is 11.9 Å². The number of unbranched alkanes of at least 4 members (excludes halogenated alkanes) is 1. The summed E-state index contributed by atoms with van der Waals surface area (Å²) >= 11 is 0. The van der Waals surface area contributed by atoms with E-state index in [9.17, 15) is 4.39 Å². The summed E-state index contributed by atoms with van der Waals surface area (Å²) in [7, 11) is 0. The number of hydrogen-bond acceptors (Lipinski definition) is 4. The molecule has 0 fully saturated rings. The highest BCUT2D eigenvalue weighted by atomic mass is 19.1. The number of nitrogens with one attached hydrogen (secondary N) is 2. The van der Waals surface area contributed by atoms with Gasteiger partial charge in [0.1, 0.15) is 11.6 Å². The maximum atomic E-state index is 13.9. The van der Waals surface area contributed by atoms with Gasteiger partial charge in [-0.15, -0.1) is 0 Å². The van der Waals surface area contributed by atoms with Gasteiger partial charge in [0.05, 0.1) is 11.8 Å². The Hall–Kier alpha value is -2.89. The maximum Gasteiger partial charge on any atom is 0.166 e. The summed E-state index contributed by atoms with van der Waals surface area (Å²) in [4.78, 5) is 4.66. The van der Waals surface area contributed by atoms with Crippen LogP contribution < -0.4 is 10.6 Å². The summed E-state index contributed by atoms with van der Waals surface area (Å²) in [6, 6.07) is 6.80. The molecule has 2 bridgehead atoms. The molecule has 2 aromatic heterocycles. The van der Waals surface area contributed by atoms with Crippen LogP contribution in [-0.2, 0) is 6.42 Å². The molecule has 0 saturated heterocycles. The molecule has 2 N–H and O–H groups in total. The number of nitrogens with zero attached hydrogens (tertiary/aromatic N) is 3. The van der Waals surface area contributed by atoms with E-state index in [4.69, 9.17) is 0 Å². The zero-order valence-corrected chi connectivity index (χ0v) is 15.5. The number of hydrogen-bond donors (Lipinski definition) is 2. The largest absolute Gasteiger partial charge is 0.385 e. The van der Waals surface area contributed by atoms with Crippen molar-refractivity contribution in [3.05, 3.63) is 60.2 Å². The Labute approximate surface area is 158 Å². The molecular formula is C21H24FN5. The van der Waals surface area contributed by atoms with E-state index in [1.807, 2.05) is 18.3 Å². The summed E-state index contributed by atoms with van der Waals surface area (Å²) < 4.78 is 15.6. The lowest BCUT2D eigenvalue weighted by Gasteiger charge is -2.22. The zero-order valence-electron chi connectivity index (χ0n) is 15.5. The van der Waals surface area contributed by atoms with Crippen molar-refractivity contribution in [2.24, 2.45) is 5.92 Å². The van der Waals surface area contributed by atoms with Gasteiger partial charge in [0.15, 0.2) is 5.65 Å². The number of anilines is 2. The Morgan fingerprint density at radius 3 is 3.07 bits per heavy atom. The molecule has 1 aliphatic heterocycles. The van der Waals surface area contributed by atoms with Crippen LogP contribution in [0.2, 0.25) is 0 Å². The summed E-state index contributed by atoms with van der Waals surface area (Å²) in [5, 5.41) is 11.1. The van der Waals surface area contributed by atoms with Crippen LogP contribution in [0.4, 0.5) is 15.9 Å². The van der Waals surface area contributed by atoms with E-state index in [0.717, 1.165) is 54.0 Å². The first-order valence-corrected chi connectivity index (χ1v) is 9.47. The highest BCUT2D eigenvalue weighted by Crippen LogP contribution is 2.27. The van der Waals surface area contributed by atoms with Crippen LogP contribution in [0.15, 0.2) is 43.2 Å². The van der Waals surface area contributed by atoms with Gasteiger partial charge in [-0.1, -0.05) is 32.4 Å². The van der Waals surface area contributed by atoms with E-state index in [-0.39, 0.29) is 5.82 Å². The molecule has 6 heteroatoms. The lowest BCUT2D eigenvalue weighted by molar-refractivity contribution is 0.454. The molecule has 3 heterocycles. The molecule has 4 rings (SSSR count). The second-order valence-electron chi connectivity index (χ2n) is 7.14. The fourth-order valence-corrected chi connectivity index (χ4v) is 3.58. The first kappa shape index (κ1) is 17.5. The summed E-state index contributed by atoms with van der Waals surface area (Å²) in [6.45, 7) is 7.20. The number of fused-ring (bicyclic) bond motifs is 2. The molecule has 1 aromatic carbocycles. The van der Waals surface area contributed by atoms with Crippen molar-refractivity contribution < 1.29 is 4.39 Å². The maximum absolute atomic E-state index is 13.9. The van der Waals surface area contributed by atoms with Gasteiger partial charge in [0.25, 0.3) is 0 Å². The van der Waals surface area contributed by atoms with Crippen molar-refractivity contribution in [3.8, 4) is 0 Å². The van der Waals surface area contributed by atoms with Crippen molar-refractivity contribution >= 4 is 22.8 Å². The van der Waals surface area contributed by atoms with E-state index in [1.54, 1.807) is 16.8 Å². The van der Waals surface area contributed by atoms with Gasteiger partial charge in [-0.05, 0) is 42.5 Å². The lowest BCUT2D eigenvalue weighted by atomic mass is 9.92. The summed E-state index contributed by atoms with van der Waals surface area (Å²) in [6.07, 6.45) is 7.93. The van der Waals surface area contributed by atoms with Gasteiger partial charge in [-0.3, -0.25) is 0 Å². The average molecular weight is 365 g/mol. The van der Waals surface area contributed by atoms with E-state index in [2.05, 4.69) is 34.2 Å². The third-order valence-corrected chi connectivity index (χ3v) is 5.11. The van der Waals surface area contributed by atoms with Crippen molar-refractivity contribution in [1.29, 1.82) is 0 Å². The SMILES string of the molecule is C=C1NCC(CCCC)Cc2ccc(F)cc2Nc2ccn3ncc1c3n2. The van der Waals surface area contributed by atoms with Crippen molar-refractivity contribution in [2.45, 2.75) is 32.6 Å². The van der Waals surface area contributed by atoms with E-state index in [0.29, 0.717) is 11.7 Å². The van der Waals surface area contributed by atoms with E-state index in [1.165, 1.54) is 12.5 Å². The monoisotopic (exact) mass is 365 g/mol. The molecule has 27 heavy (non-hydrogen) atoms. The first-order chi connectivity index (χ1) is 13.1. The quantitative estimate of drug-likeness (QED) is 0.716. The fourth-order valence-electron chi connectivity index (χ4n) is 3.58. The van der Waals surface area contributed by atoms with Gasteiger partial charge in [0.2, 0.25) is 0 Å². The highest BCUT2D eigenvalue weighted by molar-refractivity contribution is 5.74. The molecule has 3 aromatic rings. The minimum absolute atomic E-state index is 0.254. The molecule has 1 aliphatic rings. The Bertz CT molecular complexity index is 978. The third-order valence-electron chi connectivity index (χ3n) is 5.11. The Kier molecular flexibility index (Phi) is 4.79. The molecule has 1 atom stereocenters. The molecule has 1 unspecified atom stereocenters. The minimum Gasteiger partial charge on any atom is -0.385 e. The number of aromatic nitrogens is 3. The van der Waals surface area contributed by atoms with Crippen LogP contribution >= 0.6 is 0 Å². The molecule has 140 valence electrons. The minimum atomic E-state index is -0.254. The molecule has 5 nitrogen and oxygen atoms in total. The highest BCUT2D eigenvalue weighted by Gasteiger charge is 2.17. The zero-order chi connectivity index (χ0) is 18.8. The predicted molar refractivity (Wildman–Crippen MR) is 106 cm³/mol. The lowest BCUT2D eigenvalue weighted by Crippen LogP contribution is -2.23. The second-order valence-corrected chi connectivity index (χ2v) is 7.14. The molecule has 0 spiro atoms. The molecule has 0 radical (unpaired) electrons. The molecule has 0 saturated carbocycles. The first-order valence-electron chi connectivity index (χ1n) is 9.47. The molecule has 0 amide bonds. The normalized spacial score (nSPS) is 17.0. The Morgan fingerprint density at radius 1 is 1.33 bits per heavy atom. The van der Waals surface area contributed by atoms with Crippen LogP contribution in [0.1, 0.15) is 37.3 Å². The summed E-state index contributed by atoms with van der Waals surface area (Å²) in [5.74, 6) is 0.843.